The molecule has 2 amide bonds. The zero-order valence-corrected chi connectivity index (χ0v) is 15.9. The van der Waals surface area contributed by atoms with Gasteiger partial charge in [0.1, 0.15) is 0 Å². The van der Waals surface area contributed by atoms with Gasteiger partial charge in [0.05, 0.1) is 0 Å². The van der Waals surface area contributed by atoms with Crippen molar-refractivity contribution in [2.45, 2.75) is 38.5 Å². The molecule has 3 rings (SSSR count). The number of hydrogen-bond acceptors (Lipinski definition) is 3. The summed E-state index contributed by atoms with van der Waals surface area (Å²) in [5, 5.41) is 7.24. The van der Waals surface area contributed by atoms with Crippen molar-refractivity contribution in [1.82, 2.24) is 5.43 Å². The first-order valence-corrected chi connectivity index (χ1v) is 9.39. The lowest BCUT2D eigenvalue weighted by molar-refractivity contribution is -0.136. The number of nitrogens with one attached hydrogen (secondary N) is 2. The second kappa shape index (κ2) is 8.82. The molecule has 0 atom stereocenters. The fraction of sp³-hybridized carbons (Fsp3) is 0.286. The van der Waals surface area contributed by atoms with Crippen LogP contribution in [0.4, 0.5) is 5.69 Å². The van der Waals surface area contributed by atoms with Gasteiger partial charge in [-0.25, -0.2) is 5.43 Å². The molecule has 5 nitrogen and oxygen atoms in total. The fourth-order valence-corrected chi connectivity index (χ4v) is 3.40. The van der Waals surface area contributed by atoms with E-state index >= 15 is 0 Å². The van der Waals surface area contributed by atoms with Crippen molar-refractivity contribution >= 4 is 34.8 Å². The van der Waals surface area contributed by atoms with Gasteiger partial charge in [-0.3, -0.25) is 9.59 Å². The average molecular weight is 384 g/mol. The van der Waals surface area contributed by atoms with E-state index in [1.54, 1.807) is 25.1 Å². The smallest absolute Gasteiger partial charge is 0.317 e. The van der Waals surface area contributed by atoms with E-state index in [2.05, 4.69) is 40.1 Å². The summed E-state index contributed by atoms with van der Waals surface area (Å²) in [6.45, 7) is 1.78. The minimum Gasteiger partial charge on any atom is -0.317 e. The third-order valence-corrected chi connectivity index (χ3v) is 5.28. The van der Waals surface area contributed by atoms with Crippen molar-refractivity contribution in [1.29, 1.82) is 0 Å². The molecule has 1 fully saturated rings. The van der Waals surface area contributed by atoms with Crippen molar-refractivity contribution in [2.24, 2.45) is 5.10 Å². The van der Waals surface area contributed by atoms with E-state index < -0.39 is 11.8 Å². The minimum absolute atomic E-state index is 0.513. The Hall–Kier alpha value is -2.66. The lowest BCUT2D eigenvalue weighted by Crippen LogP contribution is -2.33. The fourth-order valence-electron chi connectivity index (χ4n) is 3.22. The summed E-state index contributed by atoms with van der Waals surface area (Å²) < 4.78 is 0. The zero-order valence-electron chi connectivity index (χ0n) is 15.2. The van der Waals surface area contributed by atoms with Crippen molar-refractivity contribution in [3.05, 3.63) is 64.7 Å². The standard InChI is InChI=1S/C21H22ClN3O2/c1-14-18(22)8-5-9-19(14)23-20(26)21(27)25-24-17-12-10-16(11-13-17)15-6-3-2-4-7-15/h2-9,16H,10-13H2,1H3,(H,23,26)(H,25,27). The molecule has 0 heterocycles. The number of nitrogens with zero attached hydrogens (tertiary/aromatic N) is 1. The molecular weight excluding hydrogens is 362 g/mol. The Kier molecular flexibility index (Phi) is 6.24. The van der Waals surface area contributed by atoms with Crippen LogP contribution in [0.5, 0.6) is 0 Å². The number of benzene rings is 2. The maximum Gasteiger partial charge on any atom is 0.329 e. The van der Waals surface area contributed by atoms with Crippen LogP contribution in [0, 0.1) is 6.92 Å². The molecule has 1 aliphatic carbocycles. The van der Waals surface area contributed by atoms with Crippen LogP contribution < -0.4 is 10.7 Å². The van der Waals surface area contributed by atoms with Crippen molar-refractivity contribution < 1.29 is 9.59 Å². The molecule has 1 aliphatic rings. The summed E-state index contributed by atoms with van der Waals surface area (Å²) >= 11 is 6.02. The van der Waals surface area contributed by atoms with Crippen LogP contribution in [-0.4, -0.2) is 17.5 Å². The van der Waals surface area contributed by atoms with Crippen molar-refractivity contribution in [2.75, 3.05) is 5.32 Å². The highest BCUT2D eigenvalue weighted by molar-refractivity contribution is 6.40. The van der Waals surface area contributed by atoms with Gasteiger partial charge in [-0.15, -0.1) is 0 Å². The second-order valence-electron chi connectivity index (χ2n) is 6.67. The van der Waals surface area contributed by atoms with Gasteiger partial charge in [0.15, 0.2) is 0 Å². The number of hydrogen-bond donors (Lipinski definition) is 2. The molecule has 0 aromatic heterocycles. The van der Waals surface area contributed by atoms with Crippen molar-refractivity contribution in [3.63, 3.8) is 0 Å². The highest BCUT2D eigenvalue weighted by Gasteiger charge is 2.20. The molecule has 6 heteroatoms. The van der Waals surface area contributed by atoms with Gasteiger partial charge in [-0.05, 0) is 61.8 Å². The maximum atomic E-state index is 12.1. The second-order valence-corrected chi connectivity index (χ2v) is 7.08. The number of amides is 2. The van der Waals surface area contributed by atoms with Crippen LogP contribution in [0.3, 0.4) is 0 Å². The van der Waals surface area contributed by atoms with Crippen LogP contribution in [0.25, 0.3) is 0 Å². The SMILES string of the molecule is Cc1c(Cl)cccc1NC(=O)C(=O)NN=C1CCC(c2ccccc2)CC1. The third-order valence-electron chi connectivity index (χ3n) is 4.87. The highest BCUT2D eigenvalue weighted by atomic mass is 35.5. The summed E-state index contributed by atoms with van der Waals surface area (Å²) in [5.74, 6) is -1.02. The first-order chi connectivity index (χ1) is 13.0. The predicted molar refractivity (Wildman–Crippen MR) is 108 cm³/mol. The van der Waals surface area contributed by atoms with Crippen LogP contribution >= 0.6 is 11.6 Å². The first kappa shape index (κ1) is 19.1. The highest BCUT2D eigenvalue weighted by Crippen LogP contribution is 2.31. The Labute approximate surface area is 163 Å². The van der Waals surface area contributed by atoms with E-state index in [1.165, 1.54) is 5.56 Å². The topological polar surface area (TPSA) is 70.6 Å². The number of rotatable bonds is 3. The Balaban J connectivity index is 1.51. The monoisotopic (exact) mass is 383 g/mol. The number of carbonyl (C=O) groups is 2. The molecule has 2 aromatic carbocycles. The normalized spacial score (nSPS) is 16.5. The molecule has 0 aliphatic heterocycles. The third kappa shape index (κ3) is 4.95. The van der Waals surface area contributed by atoms with Gasteiger partial charge in [0, 0.05) is 16.4 Å². The Morgan fingerprint density at radius 1 is 1.00 bits per heavy atom. The number of carbonyl (C=O) groups excluding carboxylic acids is 2. The molecule has 0 saturated heterocycles. The first-order valence-electron chi connectivity index (χ1n) is 9.01. The molecule has 27 heavy (non-hydrogen) atoms. The molecular formula is C21H22ClN3O2. The van der Waals surface area contributed by atoms with E-state index in [1.807, 2.05) is 6.07 Å². The summed E-state index contributed by atoms with van der Waals surface area (Å²) in [5.41, 5.74) is 5.85. The van der Waals surface area contributed by atoms with Crippen LogP contribution in [0.15, 0.2) is 53.6 Å². The summed E-state index contributed by atoms with van der Waals surface area (Å²) in [4.78, 5) is 24.1. The predicted octanol–water partition coefficient (Wildman–Crippen LogP) is 4.42. The number of halogens is 1. The van der Waals surface area contributed by atoms with E-state index in [4.69, 9.17) is 11.6 Å². The molecule has 0 bridgehead atoms. The Morgan fingerprint density at radius 3 is 2.41 bits per heavy atom. The summed E-state index contributed by atoms with van der Waals surface area (Å²) in [6.07, 6.45) is 3.61. The van der Waals surface area contributed by atoms with Gasteiger partial charge in [0.2, 0.25) is 0 Å². The number of hydrazone groups is 1. The van der Waals surface area contributed by atoms with Gasteiger partial charge in [0.25, 0.3) is 0 Å². The van der Waals surface area contributed by atoms with Crippen LogP contribution in [0.2, 0.25) is 5.02 Å². The van der Waals surface area contributed by atoms with Crippen molar-refractivity contribution in [3.8, 4) is 0 Å². The molecule has 0 unspecified atom stereocenters. The molecule has 140 valence electrons. The summed E-state index contributed by atoms with van der Waals surface area (Å²) in [7, 11) is 0. The molecule has 2 N–H and O–H groups in total. The minimum atomic E-state index is -0.785. The lowest BCUT2D eigenvalue weighted by atomic mass is 9.83. The van der Waals surface area contributed by atoms with Crippen LogP contribution in [0.1, 0.15) is 42.7 Å². The molecule has 0 radical (unpaired) electrons. The summed E-state index contributed by atoms with van der Waals surface area (Å²) in [6, 6.07) is 15.6. The van der Waals surface area contributed by atoms with E-state index in [0.29, 0.717) is 22.2 Å². The van der Waals surface area contributed by atoms with Gasteiger partial charge >= 0.3 is 11.8 Å². The molecule has 0 spiro atoms. The van der Waals surface area contributed by atoms with Gasteiger partial charge in [-0.2, -0.15) is 5.10 Å². The average Bonchev–Trinajstić information content (AvgIpc) is 2.70. The van der Waals surface area contributed by atoms with Crippen LogP contribution in [-0.2, 0) is 9.59 Å². The van der Waals surface area contributed by atoms with Gasteiger partial charge < -0.3 is 5.32 Å². The Morgan fingerprint density at radius 2 is 1.70 bits per heavy atom. The zero-order chi connectivity index (χ0) is 19.2. The van der Waals surface area contributed by atoms with Gasteiger partial charge in [-0.1, -0.05) is 48.0 Å². The molecule has 1 saturated carbocycles. The molecule has 2 aromatic rings. The van der Waals surface area contributed by atoms with E-state index in [9.17, 15) is 9.59 Å². The van der Waals surface area contributed by atoms with E-state index in [0.717, 1.165) is 31.4 Å². The largest absolute Gasteiger partial charge is 0.329 e. The Bertz CT molecular complexity index is 855. The lowest BCUT2D eigenvalue weighted by Gasteiger charge is -2.23. The quantitative estimate of drug-likeness (QED) is 0.608. The number of anilines is 1. The maximum absolute atomic E-state index is 12.1. The van der Waals surface area contributed by atoms with E-state index in [-0.39, 0.29) is 0 Å².